The van der Waals surface area contributed by atoms with E-state index in [4.69, 9.17) is 0 Å². The molecule has 0 aromatic carbocycles. The number of nitrogens with zero attached hydrogens (tertiary/aromatic N) is 3. The Kier molecular flexibility index (Phi) is 6.91. The van der Waals surface area contributed by atoms with Crippen LogP contribution < -0.4 is 5.32 Å². The Hall–Kier alpha value is -1.85. The van der Waals surface area contributed by atoms with Crippen LogP contribution in [0.2, 0.25) is 0 Å². The van der Waals surface area contributed by atoms with Crippen molar-refractivity contribution in [2.75, 3.05) is 6.54 Å². The number of aromatic nitrogens is 2. The van der Waals surface area contributed by atoms with Crippen molar-refractivity contribution in [3.05, 3.63) is 17.5 Å². The number of nitrogens with one attached hydrogen (secondary N) is 1. The quantitative estimate of drug-likeness (QED) is 0.798. The summed E-state index contributed by atoms with van der Waals surface area (Å²) in [5, 5.41) is 7.83. The molecule has 0 bridgehead atoms. The van der Waals surface area contributed by atoms with Gasteiger partial charge in [-0.2, -0.15) is 5.10 Å². The van der Waals surface area contributed by atoms with E-state index >= 15 is 0 Å². The van der Waals surface area contributed by atoms with E-state index in [-0.39, 0.29) is 17.7 Å². The van der Waals surface area contributed by atoms with E-state index < -0.39 is 0 Å². The third kappa shape index (κ3) is 5.33. The van der Waals surface area contributed by atoms with Gasteiger partial charge in [-0.3, -0.25) is 14.3 Å². The molecule has 150 valence electrons. The number of hydrogen-bond acceptors (Lipinski definition) is 3. The standard InChI is InChI=1S/C21H34N4O2/c1-3-7-16(2)21(27)24-12-6-13-25-19(15-24)14-18(23-25)10-11-20(26)22-17-8-4-5-9-17/h14,16-17H,3-13,15H2,1-2H3,(H,22,26)/t16-/m1/s1. The maximum absolute atomic E-state index is 12.7. The van der Waals surface area contributed by atoms with E-state index in [1.807, 2.05) is 16.5 Å². The molecule has 1 saturated carbocycles. The van der Waals surface area contributed by atoms with Crippen molar-refractivity contribution in [1.82, 2.24) is 20.0 Å². The van der Waals surface area contributed by atoms with Gasteiger partial charge in [-0.15, -0.1) is 0 Å². The molecular weight excluding hydrogens is 340 g/mol. The molecular formula is C21H34N4O2. The van der Waals surface area contributed by atoms with Gasteiger partial charge in [0.05, 0.1) is 17.9 Å². The third-order valence-electron chi connectivity index (χ3n) is 5.85. The Balaban J connectivity index is 1.54. The Morgan fingerprint density at radius 3 is 2.78 bits per heavy atom. The summed E-state index contributed by atoms with van der Waals surface area (Å²) >= 11 is 0. The molecule has 2 aliphatic rings. The van der Waals surface area contributed by atoms with Crippen LogP contribution in [0.3, 0.4) is 0 Å². The van der Waals surface area contributed by atoms with Gasteiger partial charge in [-0.1, -0.05) is 33.1 Å². The van der Waals surface area contributed by atoms with Gasteiger partial charge < -0.3 is 10.2 Å². The van der Waals surface area contributed by atoms with E-state index in [0.29, 0.717) is 25.4 Å². The summed E-state index contributed by atoms with van der Waals surface area (Å²) in [7, 11) is 0. The maximum Gasteiger partial charge on any atom is 0.225 e. The number of aryl methyl sites for hydroxylation is 2. The zero-order chi connectivity index (χ0) is 19.2. The van der Waals surface area contributed by atoms with Crippen molar-refractivity contribution >= 4 is 11.8 Å². The molecule has 1 aromatic rings. The zero-order valence-electron chi connectivity index (χ0n) is 16.9. The molecule has 2 heterocycles. The highest BCUT2D eigenvalue weighted by molar-refractivity contribution is 5.78. The molecule has 0 spiro atoms. The Morgan fingerprint density at radius 1 is 1.26 bits per heavy atom. The number of carbonyl (C=O) groups is 2. The monoisotopic (exact) mass is 374 g/mol. The van der Waals surface area contributed by atoms with Crippen LogP contribution in [0.4, 0.5) is 0 Å². The van der Waals surface area contributed by atoms with Crippen LogP contribution in [-0.2, 0) is 29.1 Å². The van der Waals surface area contributed by atoms with Gasteiger partial charge in [-0.25, -0.2) is 0 Å². The predicted octanol–water partition coefficient (Wildman–Crippen LogP) is 3.04. The molecule has 6 heteroatoms. The summed E-state index contributed by atoms with van der Waals surface area (Å²) in [6.07, 6.45) is 8.75. The first-order valence-corrected chi connectivity index (χ1v) is 10.7. The first kappa shape index (κ1) is 19.9. The van der Waals surface area contributed by atoms with Gasteiger partial charge >= 0.3 is 0 Å². The van der Waals surface area contributed by atoms with Crippen molar-refractivity contribution in [2.24, 2.45) is 5.92 Å². The van der Waals surface area contributed by atoms with Gasteiger partial charge in [0.2, 0.25) is 11.8 Å². The van der Waals surface area contributed by atoms with Crippen molar-refractivity contribution in [3.63, 3.8) is 0 Å². The highest BCUT2D eigenvalue weighted by atomic mass is 16.2. The van der Waals surface area contributed by atoms with Crippen LogP contribution in [0.5, 0.6) is 0 Å². The van der Waals surface area contributed by atoms with Gasteiger partial charge in [0, 0.05) is 37.9 Å². The average molecular weight is 375 g/mol. The highest BCUT2D eigenvalue weighted by Crippen LogP contribution is 2.19. The molecule has 0 radical (unpaired) electrons. The van der Waals surface area contributed by atoms with Crippen LogP contribution in [0.1, 0.15) is 76.6 Å². The smallest absolute Gasteiger partial charge is 0.225 e. The average Bonchev–Trinajstić information content (AvgIpc) is 3.25. The number of rotatable bonds is 7. The highest BCUT2D eigenvalue weighted by Gasteiger charge is 2.24. The third-order valence-corrected chi connectivity index (χ3v) is 5.85. The van der Waals surface area contributed by atoms with Gasteiger partial charge in [-0.05, 0) is 31.7 Å². The van der Waals surface area contributed by atoms with E-state index in [1.54, 1.807) is 0 Å². The summed E-state index contributed by atoms with van der Waals surface area (Å²) in [5.74, 6) is 0.475. The van der Waals surface area contributed by atoms with Crippen LogP contribution >= 0.6 is 0 Å². The largest absolute Gasteiger partial charge is 0.353 e. The van der Waals surface area contributed by atoms with Crippen LogP contribution in [0, 0.1) is 5.92 Å². The molecule has 6 nitrogen and oxygen atoms in total. The fraction of sp³-hybridized carbons (Fsp3) is 0.762. The summed E-state index contributed by atoms with van der Waals surface area (Å²) in [6.45, 7) is 6.43. The topological polar surface area (TPSA) is 67.2 Å². The van der Waals surface area contributed by atoms with Crippen LogP contribution in [0.25, 0.3) is 0 Å². The summed E-state index contributed by atoms with van der Waals surface area (Å²) in [5.41, 5.74) is 2.05. The second-order valence-corrected chi connectivity index (χ2v) is 8.20. The van der Waals surface area contributed by atoms with Crippen LogP contribution in [-0.4, -0.2) is 39.1 Å². The first-order valence-electron chi connectivity index (χ1n) is 10.7. The molecule has 0 unspecified atom stereocenters. The van der Waals surface area contributed by atoms with Crippen LogP contribution in [0.15, 0.2) is 6.07 Å². The Bertz CT molecular complexity index is 649. The molecule has 1 aliphatic heterocycles. The lowest BCUT2D eigenvalue weighted by Crippen LogP contribution is -2.34. The number of carbonyl (C=O) groups excluding carboxylic acids is 2. The molecule has 3 rings (SSSR count). The van der Waals surface area contributed by atoms with E-state index in [9.17, 15) is 9.59 Å². The Morgan fingerprint density at radius 2 is 2.04 bits per heavy atom. The summed E-state index contributed by atoms with van der Waals surface area (Å²) < 4.78 is 2.03. The van der Waals surface area contributed by atoms with Gasteiger partial charge in [0.25, 0.3) is 0 Å². The normalized spacial score (nSPS) is 18.8. The van der Waals surface area contributed by atoms with E-state index in [1.165, 1.54) is 12.8 Å². The molecule has 27 heavy (non-hydrogen) atoms. The van der Waals surface area contributed by atoms with E-state index in [2.05, 4.69) is 23.4 Å². The molecule has 1 atom stereocenters. The predicted molar refractivity (Wildman–Crippen MR) is 105 cm³/mol. The van der Waals surface area contributed by atoms with Crippen molar-refractivity contribution < 1.29 is 9.59 Å². The molecule has 1 N–H and O–H groups in total. The zero-order valence-corrected chi connectivity index (χ0v) is 16.9. The summed E-state index contributed by atoms with van der Waals surface area (Å²) in [4.78, 5) is 26.8. The second kappa shape index (κ2) is 9.38. The van der Waals surface area contributed by atoms with E-state index in [0.717, 1.165) is 56.6 Å². The number of amides is 2. The summed E-state index contributed by atoms with van der Waals surface area (Å²) in [6, 6.07) is 2.46. The minimum absolute atomic E-state index is 0.0863. The second-order valence-electron chi connectivity index (χ2n) is 8.20. The molecule has 1 aromatic heterocycles. The SMILES string of the molecule is CCC[C@@H](C)C(=O)N1CCCn2nc(CCC(=O)NC3CCCC3)cc2C1. The van der Waals surface area contributed by atoms with Gasteiger partial charge in [0.15, 0.2) is 0 Å². The molecule has 2 amide bonds. The maximum atomic E-state index is 12.7. The fourth-order valence-corrected chi connectivity index (χ4v) is 4.31. The lowest BCUT2D eigenvalue weighted by atomic mass is 10.0. The minimum Gasteiger partial charge on any atom is -0.353 e. The fourth-order valence-electron chi connectivity index (χ4n) is 4.31. The van der Waals surface area contributed by atoms with Crippen molar-refractivity contribution in [3.8, 4) is 0 Å². The van der Waals surface area contributed by atoms with Crippen molar-refractivity contribution in [1.29, 1.82) is 0 Å². The molecule has 1 fully saturated rings. The number of hydrogen-bond donors (Lipinski definition) is 1. The van der Waals surface area contributed by atoms with Gasteiger partial charge in [0.1, 0.15) is 0 Å². The first-order chi connectivity index (χ1) is 13.1. The Labute approximate surface area is 162 Å². The molecule has 1 aliphatic carbocycles. The lowest BCUT2D eigenvalue weighted by molar-refractivity contribution is -0.135. The minimum atomic E-state index is 0.0863. The van der Waals surface area contributed by atoms with Crippen molar-refractivity contribution in [2.45, 2.75) is 90.8 Å². The molecule has 0 saturated heterocycles. The lowest BCUT2D eigenvalue weighted by Gasteiger charge is -2.23. The number of fused-ring (bicyclic) bond motifs is 1.